The fourth-order valence-corrected chi connectivity index (χ4v) is 6.67. The van der Waals surface area contributed by atoms with E-state index in [4.69, 9.17) is 14.8 Å². The van der Waals surface area contributed by atoms with Crippen molar-refractivity contribution in [2.75, 3.05) is 0 Å². The van der Waals surface area contributed by atoms with E-state index in [2.05, 4.69) is 137 Å². The van der Waals surface area contributed by atoms with E-state index >= 15 is 0 Å². The van der Waals surface area contributed by atoms with Gasteiger partial charge in [-0.05, 0) is 79.2 Å². The predicted octanol–water partition coefficient (Wildman–Crippen LogP) is 10.3. The number of para-hydroxylation sites is 1. The number of rotatable bonds is 5. The number of pyridine rings is 1. The summed E-state index contributed by atoms with van der Waals surface area (Å²) in [6.45, 7) is 17.4. The molecule has 238 valence electrons. The molecule has 3 heterocycles. The number of ether oxygens (including phenoxy) is 1. The molecule has 0 saturated heterocycles. The van der Waals surface area contributed by atoms with Crippen molar-refractivity contribution in [3.63, 3.8) is 0 Å². The maximum Gasteiger partial charge on any atom is 2.00 e. The molecule has 0 amide bonds. The molecule has 0 fully saturated rings. The first-order valence-electron chi connectivity index (χ1n) is 15.8. The van der Waals surface area contributed by atoms with Gasteiger partial charge in [0.05, 0.1) is 11.4 Å². The Hall–Kier alpha value is -4.50. The first-order valence-corrected chi connectivity index (χ1v) is 15.8. The number of hydrogen-bond donors (Lipinski definition) is 0. The number of hydrogen-bond acceptors (Lipinski definition) is 3. The van der Waals surface area contributed by atoms with E-state index in [-0.39, 0.29) is 25.8 Å². The number of fused-ring (bicyclic) bond motifs is 3. The van der Waals surface area contributed by atoms with Gasteiger partial charge in [-0.15, -0.1) is 35.7 Å². The van der Waals surface area contributed by atoms with Gasteiger partial charge >= 0.3 is 20.4 Å². The minimum atomic E-state index is -0.181. The summed E-state index contributed by atoms with van der Waals surface area (Å²) in [6.07, 6.45) is 1.85. The van der Waals surface area contributed by atoms with Gasteiger partial charge in [-0.2, -0.15) is 16.7 Å². The molecule has 0 aliphatic carbocycles. The summed E-state index contributed by atoms with van der Waals surface area (Å²) < 4.78 is 10.8. The topological polar surface area (TPSA) is 44.9 Å². The smallest absolute Gasteiger partial charge is 0.509 e. The first-order chi connectivity index (χ1) is 22.0. The summed E-state index contributed by atoms with van der Waals surface area (Å²) in [4.78, 5) is 4.71. The zero-order valence-electron chi connectivity index (χ0n) is 28.1. The Morgan fingerprint density at radius 2 is 1.45 bits per heavy atom. The summed E-state index contributed by atoms with van der Waals surface area (Å²) >= 11 is 0. The summed E-state index contributed by atoms with van der Waals surface area (Å²) in [6, 6.07) is 34.3. The van der Waals surface area contributed by atoms with E-state index in [9.17, 15) is 0 Å². The van der Waals surface area contributed by atoms with Crippen molar-refractivity contribution < 1.29 is 25.2 Å². The van der Waals surface area contributed by atoms with Gasteiger partial charge in [0.25, 0.3) is 0 Å². The Morgan fingerprint density at radius 1 is 0.702 bits per heavy atom. The molecule has 0 spiro atoms. The molecule has 6 heteroatoms. The second-order valence-electron chi connectivity index (χ2n) is 13.4. The van der Waals surface area contributed by atoms with E-state index in [1.807, 2.05) is 24.4 Å². The molecule has 7 rings (SSSR count). The summed E-state index contributed by atoms with van der Waals surface area (Å²) in [5, 5.41) is 7.37. The number of nitrogens with zero attached hydrogens (tertiary/aromatic N) is 4. The van der Waals surface area contributed by atoms with Crippen LogP contribution in [0, 0.1) is 46.8 Å². The first kappa shape index (κ1) is 32.4. The normalized spacial score (nSPS) is 11.7. The summed E-state index contributed by atoms with van der Waals surface area (Å²) in [5.74, 6) is 2.08. The second kappa shape index (κ2) is 12.3. The minimum absolute atomic E-state index is 0. The van der Waals surface area contributed by atoms with Crippen LogP contribution >= 0.6 is 0 Å². The Kier molecular flexibility index (Phi) is 8.47. The fraction of sp³-hybridized carbons (Fsp3) is 0.220. The second-order valence-corrected chi connectivity index (χ2v) is 13.4. The molecule has 0 unspecified atom stereocenters. The zero-order valence-corrected chi connectivity index (χ0v) is 29.7. The Bertz CT molecular complexity index is 2270. The molecule has 3 aromatic heterocycles. The van der Waals surface area contributed by atoms with E-state index < -0.39 is 0 Å². The van der Waals surface area contributed by atoms with Crippen molar-refractivity contribution in [2.24, 2.45) is 0 Å². The van der Waals surface area contributed by atoms with Gasteiger partial charge in [0.1, 0.15) is 5.82 Å². The van der Waals surface area contributed by atoms with Crippen molar-refractivity contribution in [2.45, 2.75) is 60.8 Å². The maximum atomic E-state index is 6.54. The minimum Gasteiger partial charge on any atom is -0.509 e. The zero-order chi connectivity index (χ0) is 32.3. The third-order valence-corrected chi connectivity index (χ3v) is 8.61. The number of benzene rings is 4. The largest absolute Gasteiger partial charge is 2.00 e. The van der Waals surface area contributed by atoms with Gasteiger partial charge in [-0.25, -0.2) is 4.98 Å². The average molecular weight is 709 g/mol. The van der Waals surface area contributed by atoms with Crippen LogP contribution in [0.25, 0.3) is 44.4 Å². The maximum absolute atomic E-state index is 6.54. The van der Waals surface area contributed by atoms with Gasteiger partial charge in [0.15, 0.2) is 0 Å². The van der Waals surface area contributed by atoms with Crippen LogP contribution in [0.5, 0.6) is 11.5 Å². The van der Waals surface area contributed by atoms with E-state index in [1.165, 1.54) is 22.3 Å². The van der Waals surface area contributed by atoms with Crippen molar-refractivity contribution in [1.29, 1.82) is 0 Å². The molecular weight excluding hydrogens is 671 g/mol. The van der Waals surface area contributed by atoms with Crippen LogP contribution in [0.15, 0.2) is 85.1 Å². The third kappa shape index (κ3) is 5.82. The standard InChI is InChI=1S/C41H38N4O.Pd/c1-25-18-19-42-37(22-25)44-35-15-10-9-14-33(35)34-17-16-31(24-36(34)44)46-32-21-26(2)20-30(23-32)45-40(41(6,7)8)39(29(5)43-45)38-27(3)12-11-13-28(38)4;/h9-22H,1-8H3;/q-2;+2. The fourth-order valence-electron chi connectivity index (χ4n) is 6.67. The molecule has 0 radical (unpaired) electrons. The average Bonchev–Trinajstić information content (AvgIpc) is 3.51. The van der Waals surface area contributed by atoms with Gasteiger partial charge < -0.3 is 9.30 Å². The van der Waals surface area contributed by atoms with E-state index in [0.717, 1.165) is 55.8 Å². The van der Waals surface area contributed by atoms with Crippen LogP contribution in [0.4, 0.5) is 0 Å². The van der Waals surface area contributed by atoms with Gasteiger partial charge in [0.2, 0.25) is 0 Å². The third-order valence-electron chi connectivity index (χ3n) is 8.61. The van der Waals surface area contributed by atoms with Crippen molar-refractivity contribution in [1.82, 2.24) is 19.3 Å². The van der Waals surface area contributed by atoms with Crippen LogP contribution in [0.1, 0.15) is 54.4 Å². The van der Waals surface area contributed by atoms with Crippen molar-refractivity contribution in [3.8, 4) is 34.1 Å². The van der Waals surface area contributed by atoms with Crippen LogP contribution in [0.3, 0.4) is 0 Å². The quantitative estimate of drug-likeness (QED) is 0.132. The molecule has 7 aromatic rings. The molecule has 0 aliphatic heterocycles. The van der Waals surface area contributed by atoms with Gasteiger partial charge in [-0.3, -0.25) is 4.68 Å². The Morgan fingerprint density at radius 3 is 2.17 bits per heavy atom. The Labute approximate surface area is 290 Å². The number of aryl methyl sites for hydroxylation is 5. The van der Waals surface area contributed by atoms with Crippen LogP contribution < -0.4 is 4.74 Å². The molecule has 47 heavy (non-hydrogen) atoms. The van der Waals surface area contributed by atoms with Crippen LogP contribution in [-0.4, -0.2) is 19.3 Å². The SMILES string of the molecule is Cc1cc(Oc2[c-]c3c(cc2)c2ccccc2n3-c2cc(C)ccn2)[c-]c(-n2nc(C)c(-c3c(C)cccc3C)c2C(C)(C)C)c1.[Pd+2]. The summed E-state index contributed by atoms with van der Waals surface area (Å²) in [7, 11) is 0. The molecule has 0 atom stereocenters. The molecule has 0 bridgehead atoms. The molecule has 5 nitrogen and oxygen atoms in total. The van der Waals surface area contributed by atoms with Crippen LogP contribution in [-0.2, 0) is 25.8 Å². The molecular formula is C41H38N4OPd. The monoisotopic (exact) mass is 708 g/mol. The number of aromatic nitrogens is 4. The van der Waals surface area contributed by atoms with E-state index in [0.29, 0.717) is 11.5 Å². The molecule has 0 N–H and O–H groups in total. The predicted molar refractivity (Wildman–Crippen MR) is 188 cm³/mol. The Balaban J connectivity index is 0.00000386. The molecule has 4 aromatic carbocycles. The molecule has 0 saturated carbocycles. The molecule has 0 aliphatic rings. The van der Waals surface area contributed by atoms with Crippen molar-refractivity contribution >= 4 is 21.8 Å². The van der Waals surface area contributed by atoms with Crippen LogP contribution in [0.2, 0.25) is 0 Å². The van der Waals surface area contributed by atoms with Crippen molar-refractivity contribution in [3.05, 3.63) is 131 Å². The van der Waals surface area contributed by atoms with Gasteiger partial charge in [0, 0.05) is 34.2 Å². The summed E-state index contributed by atoms with van der Waals surface area (Å²) in [5.41, 5.74) is 12.0. The van der Waals surface area contributed by atoms with E-state index in [1.54, 1.807) is 0 Å². The van der Waals surface area contributed by atoms with Gasteiger partial charge in [-0.1, -0.05) is 69.6 Å².